The number of ether oxygens (including phenoxy) is 1. The lowest BCUT2D eigenvalue weighted by molar-refractivity contribution is 0.0298. The van der Waals surface area contributed by atoms with E-state index in [-0.39, 0.29) is 30.1 Å². The number of nitrogens with zero attached hydrogens (tertiary/aromatic N) is 3. The van der Waals surface area contributed by atoms with Crippen LogP contribution in [0.1, 0.15) is 40.0 Å². The molecule has 1 rings (SSSR count). The largest absolute Gasteiger partial charge is 0.444 e. The molecule has 21 heavy (non-hydrogen) atoms. The molecule has 0 unspecified atom stereocenters. The van der Waals surface area contributed by atoms with E-state index < -0.39 is 5.60 Å². The van der Waals surface area contributed by atoms with Crippen LogP contribution in [0, 0.1) is 0 Å². The lowest BCUT2D eigenvalue weighted by Crippen LogP contribution is -2.36. The van der Waals surface area contributed by atoms with Crippen LogP contribution in [0.4, 0.5) is 4.79 Å². The normalized spacial score (nSPS) is 15.2. The monoisotopic (exact) mass is 412 g/mol. The number of aliphatic imine (C=N–C) groups is 1. The number of nitrogens with two attached hydrogens (primary N) is 1. The summed E-state index contributed by atoms with van der Waals surface area (Å²) in [6, 6.07) is 0.572. The molecular formula is C14H29IN4O2. The van der Waals surface area contributed by atoms with Crippen molar-refractivity contribution in [1.29, 1.82) is 0 Å². The Bertz CT molecular complexity index is 364. The van der Waals surface area contributed by atoms with Crippen molar-refractivity contribution in [2.75, 3.05) is 27.2 Å². The maximum absolute atomic E-state index is 11.7. The first-order valence-electron chi connectivity index (χ1n) is 7.17. The molecule has 2 N–H and O–H groups in total. The highest BCUT2D eigenvalue weighted by atomic mass is 127. The van der Waals surface area contributed by atoms with Gasteiger partial charge in [-0.2, -0.15) is 0 Å². The quantitative estimate of drug-likeness (QED) is 0.326. The van der Waals surface area contributed by atoms with Crippen molar-refractivity contribution >= 4 is 36.0 Å². The van der Waals surface area contributed by atoms with E-state index >= 15 is 0 Å². The van der Waals surface area contributed by atoms with Gasteiger partial charge < -0.3 is 20.3 Å². The molecule has 1 fully saturated rings. The predicted octanol–water partition coefficient (Wildman–Crippen LogP) is 2.27. The highest BCUT2D eigenvalue weighted by Gasteiger charge is 2.27. The smallest absolute Gasteiger partial charge is 0.410 e. The van der Waals surface area contributed by atoms with Crippen LogP contribution >= 0.6 is 24.0 Å². The number of hydrogen-bond donors (Lipinski definition) is 1. The van der Waals surface area contributed by atoms with E-state index in [1.54, 1.807) is 11.9 Å². The minimum Gasteiger partial charge on any atom is -0.444 e. The Morgan fingerprint density at radius 3 is 2.38 bits per heavy atom. The Morgan fingerprint density at radius 1 is 1.33 bits per heavy atom. The van der Waals surface area contributed by atoms with Crippen LogP contribution in [-0.4, -0.2) is 60.7 Å². The average Bonchev–Trinajstić information content (AvgIpc) is 3.14. The van der Waals surface area contributed by atoms with E-state index in [9.17, 15) is 4.79 Å². The van der Waals surface area contributed by atoms with E-state index in [0.29, 0.717) is 25.1 Å². The van der Waals surface area contributed by atoms with Gasteiger partial charge in [0.1, 0.15) is 5.60 Å². The molecule has 0 aromatic carbocycles. The predicted molar refractivity (Wildman–Crippen MR) is 96.2 cm³/mol. The van der Waals surface area contributed by atoms with Gasteiger partial charge in [0, 0.05) is 33.2 Å². The minimum atomic E-state index is -0.457. The number of guanidine groups is 1. The lowest BCUT2D eigenvalue weighted by Gasteiger charge is -2.24. The van der Waals surface area contributed by atoms with Crippen LogP contribution in [0.5, 0.6) is 0 Å². The van der Waals surface area contributed by atoms with Crippen molar-refractivity contribution in [2.24, 2.45) is 10.7 Å². The molecule has 0 saturated heterocycles. The molecule has 0 aliphatic heterocycles. The molecule has 0 aromatic heterocycles. The molecular weight excluding hydrogens is 383 g/mol. The summed E-state index contributed by atoms with van der Waals surface area (Å²) in [5, 5.41) is 0. The van der Waals surface area contributed by atoms with Gasteiger partial charge >= 0.3 is 6.09 Å². The lowest BCUT2D eigenvalue weighted by atomic mass is 10.2. The topological polar surface area (TPSA) is 71.2 Å². The molecule has 0 atom stereocenters. The molecule has 0 spiro atoms. The van der Waals surface area contributed by atoms with Crippen molar-refractivity contribution in [1.82, 2.24) is 9.80 Å². The SMILES string of the molecule is CN(CCCN=C(N)N(C)C1CC1)C(=O)OC(C)(C)C.I. The summed E-state index contributed by atoms with van der Waals surface area (Å²) in [5.74, 6) is 0.590. The van der Waals surface area contributed by atoms with Crippen molar-refractivity contribution in [2.45, 2.75) is 51.7 Å². The third-order valence-electron chi connectivity index (χ3n) is 3.09. The number of rotatable bonds is 5. The summed E-state index contributed by atoms with van der Waals surface area (Å²) >= 11 is 0. The summed E-state index contributed by atoms with van der Waals surface area (Å²) < 4.78 is 5.27. The molecule has 7 heteroatoms. The zero-order valence-electron chi connectivity index (χ0n) is 13.8. The maximum atomic E-state index is 11.7. The molecule has 0 heterocycles. The Labute approximate surface area is 145 Å². The summed E-state index contributed by atoms with van der Waals surface area (Å²) in [5.41, 5.74) is 5.43. The fourth-order valence-electron chi connectivity index (χ4n) is 1.69. The molecule has 1 aliphatic carbocycles. The molecule has 1 aliphatic rings. The van der Waals surface area contributed by atoms with Gasteiger partial charge in [-0.05, 0) is 40.0 Å². The Hall–Kier alpha value is -0.730. The third-order valence-corrected chi connectivity index (χ3v) is 3.09. The molecule has 0 radical (unpaired) electrons. The Morgan fingerprint density at radius 2 is 1.90 bits per heavy atom. The van der Waals surface area contributed by atoms with Crippen molar-refractivity contribution < 1.29 is 9.53 Å². The maximum Gasteiger partial charge on any atom is 0.410 e. The number of carbonyl (C=O) groups excluding carboxylic acids is 1. The van der Waals surface area contributed by atoms with Gasteiger partial charge in [0.25, 0.3) is 0 Å². The van der Waals surface area contributed by atoms with Crippen LogP contribution in [0.3, 0.4) is 0 Å². The molecule has 6 nitrogen and oxygen atoms in total. The summed E-state index contributed by atoms with van der Waals surface area (Å²) in [6.45, 7) is 6.81. The molecule has 0 bridgehead atoms. The van der Waals surface area contributed by atoms with Gasteiger partial charge in [0.05, 0.1) is 0 Å². The number of amides is 1. The first kappa shape index (κ1) is 20.3. The molecule has 124 valence electrons. The van der Waals surface area contributed by atoms with Crippen LogP contribution in [-0.2, 0) is 4.74 Å². The van der Waals surface area contributed by atoms with Crippen LogP contribution in [0.2, 0.25) is 0 Å². The van der Waals surface area contributed by atoms with Crippen molar-refractivity contribution in [3.63, 3.8) is 0 Å². The fourth-order valence-corrected chi connectivity index (χ4v) is 1.69. The standard InChI is InChI=1S/C14H28N4O2.HI/c1-14(2,3)20-13(19)17(4)10-6-9-16-12(15)18(5)11-7-8-11;/h11H,6-10H2,1-5H3,(H2,15,16);1H. The molecule has 1 saturated carbocycles. The second kappa shape index (κ2) is 8.65. The van der Waals surface area contributed by atoms with E-state index in [4.69, 9.17) is 10.5 Å². The second-order valence-electron chi connectivity index (χ2n) is 6.34. The fraction of sp³-hybridized carbons (Fsp3) is 0.857. The summed E-state index contributed by atoms with van der Waals surface area (Å²) in [4.78, 5) is 19.7. The first-order chi connectivity index (χ1) is 9.20. The Kier molecular flexibility index (Phi) is 8.35. The number of hydrogen-bond acceptors (Lipinski definition) is 3. The van der Waals surface area contributed by atoms with Gasteiger partial charge in [0.2, 0.25) is 0 Å². The molecule has 1 amide bonds. The minimum absolute atomic E-state index is 0. The third kappa shape index (κ3) is 8.33. The summed E-state index contributed by atoms with van der Waals surface area (Å²) in [7, 11) is 3.71. The van der Waals surface area contributed by atoms with E-state index in [0.717, 1.165) is 6.42 Å². The Balaban J connectivity index is 0.00000400. The van der Waals surface area contributed by atoms with Gasteiger partial charge in [-0.1, -0.05) is 0 Å². The number of halogens is 1. The zero-order chi connectivity index (χ0) is 15.3. The summed E-state index contributed by atoms with van der Waals surface area (Å²) in [6.07, 6.45) is 2.88. The highest BCUT2D eigenvalue weighted by molar-refractivity contribution is 14.0. The highest BCUT2D eigenvalue weighted by Crippen LogP contribution is 2.24. The van der Waals surface area contributed by atoms with Crippen LogP contribution in [0.25, 0.3) is 0 Å². The van der Waals surface area contributed by atoms with Crippen LogP contribution < -0.4 is 5.73 Å². The van der Waals surface area contributed by atoms with Gasteiger partial charge in [0.15, 0.2) is 5.96 Å². The van der Waals surface area contributed by atoms with Gasteiger partial charge in [-0.25, -0.2) is 4.79 Å². The van der Waals surface area contributed by atoms with E-state index in [1.807, 2.05) is 32.7 Å². The van der Waals surface area contributed by atoms with Gasteiger partial charge in [-0.3, -0.25) is 4.99 Å². The van der Waals surface area contributed by atoms with E-state index in [1.165, 1.54) is 12.8 Å². The molecule has 0 aromatic rings. The van der Waals surface area contributed by atoms with Crippen LogP contribution in [0.15, 0.2) is 4.99 Å². The first-order valence-corrected chi connectivity index (χ1v) is 7.17. The van der Waals surface area contributed by atoms with Crippen molar-refractivity contribution in [3.8, 4) is 0 Å². The van der Waals surface area contributed by atoms with Gasteiger partial charge in [-0.15, -0.1) is 24.0 Å². The average molecular weight is 412 g/mol. The zero-order valence-corrected chi connectivity index (χ0v) is 16.1. The number of carbonyl (C=O) groups is 1. The second-order valence-corrected chi connectivity index (χ2v) is 6.34. The van der Waals surface area contributed by atoms with E-state index in [2.05, 4.69) is 4.99 Å². The van der Waals surface area contributed by atoms with Crippen molar-refractivity contribution in [3.05, 3.63) is 0 Å².